The molecule has 0 aliphatic carbocycles. The van der Waals surface area contributed by atoms with Gasteiger partial charge < -0.3 is 19.3 Å². The molecule has 0 saturated heterocycles. The highest BCUT2D eigenvalue weighted by Crippen LogP contribution is 2.35. The molecule has 0 aromatic heterocycles. The van der Waals surface area contributed by atoms with Gasteiger partial charge in [-0.05, 0) is 83.5 Å². The van der Waals surface area contributed by atoms with E-state index in [0.29, 0.717) is 19.3 Å². The molecule has 50 heavy (non-hydrogen) atoms. The number of phosphoric acid groups is 1. The Kier molecular flexibility index (Phi) is 33.6. The van der Waals surface area contributed by atoms with E-state index in [4.69, 9.17) is 19.3 Å². The molecule has 0 aliphatic rings. The molecular weight excluding hydrogens is 651 g/mol. The standard InChI is InChI=1S/C41H65O8P/c1-3-5-7-9-11-13-15-17-19-20-22-24-26-28-30-32-34-36-41(43)49-39(38-48-50(44,45)46)37-47-40(42)35-33-31-29-27-25-23-21-18-16-14-12-10-8-6-4-2/h5-8,11-14,17-19,21-22,24,28,30,39H,3-4,9-10,15-16,20,23,25-27,29,31-38H2,1-2H3,(H2,44,45,46)/b7-5+,8-6+,13-11+,14-12+,19-17+,21-18+,24-22+,30-28+/t39-/m1/s1. The summed E-state index contributed by atoms with van der Waals surface area (Å²) in [6.45, 7) is 3.37. The lowest BCUT2D eigenvalue weighted by Gasteiger charge is -2.18. The van der Waals surface area contributed by atoms with E-state index in [2.05, 4.69) is 103 Å². The molecule has 0 radical (unpaired) electrons. The minimum atomic E-state index is -4.78. The largest absolute Gasteiger partial charge is 0.469 e. The van der Waals surface area contributed by atoms with Crippen LogP contribution in [0.2, 0.25) is 0 Å². The number of hydrogen-bond donors (Lipinski definition) is 2. The van der Waals surface area contributed by atoms with Gasteiger partial charge in [-0.1, -0.05) is 130 Å². The van der Waals surface area contributed by atoms with Crippen LogP contribution < -0.4 is 0 Å². The predicted molar refractivity (Wildman–Crippen MR) is 206 cm³/mol. The van der Waals surface area contributed by atoms with Crippen LogP contribution in [0.15, 0.2) is 97.2 Å². The Morgan fingerprint density at radius 1 is 0.520 bits per heavy atom. The molecule has 0 heterocycles. The molecule has 0 fully saturated rings. The predicted octanol–water partition coefficient (Wildman–Crippen LogP) is 11.1. The van der Waals surface area contributed by atoms with Gasteiger partial charge in [-0.25, -0.2) is 4.57 Å². The van der Waals surface area contributed by atoms with Crippen molar-refractivity contribution in [1.82, 2.24) is 0 Å². The van der Waals surface area contributed by atoms with Gasteiger partial charge in [0.2, 0.25) is 0 Å². The highest BCUT2D eigenvalue weighted by molar-refractivity contribution is 7.46. The first-order valence-corrected chi connectivity index (χ1v) is 20.1. The molecule has 1 atom stereocenters. The zero-order chi connectivity index (χ0) is 36.8. The summed E-state index contributed by atoms with van der Waals surface area (Å²) in [7, 11) is -4.78. The lowest BCUT2D eigenvalue weighted by atomic mass is 10.1. The first-order chi connectivity index (χ1) is 24.3. The fourth-order valence-electron chi connectivity index (χ4n) is 4.42. The molecule has 282 valence electrons. The molecule has 0 spiro atoms. The SMILES string of the molecule is CC/C=C/C/C=C/C/C=C/C/C=C/C/C=C/CCCC(=O)O[C@H](COC(=O)CCCCCCC/C=C/C/C=C/C/C=C/CC)COP(=O)(O)O. The van der Waals surface area contributed by atoms with Crippen molar-refractivity contribution in [3.8, 4) is 0 Å². The maximum atomic E-state index is 12.3. The van der Waals surface area contributed by atoms with Crippen molar-refractivity contribution in [3.05, 3.63) is 97.2 Å². The summed E-state index contributed by atoms with van der Waals surface area (Å²) in [5.41, 5.74) is 0. The summed E-state index contributed by atoms with van der Waals surface area (Å²) in [6.07, 6.45) is 48.5. The number of rotatable bonds is 32. The number of ether oxygens (including phenoxy) is 2. The fourth-order valence-corrected chi connectivity index (χ4v) is 4.78. The van der Waals surface area contributed by atoms with Crippen molar-refractivity contribution in [1.29, 1.82) is 0 Å². The third-order valence-electron chi connectivity index (χ3n) is 7.10. The van der Waals surface area contributed by atoms with Gasteiger partial charge in [0.15, 0.2) is 6.10 Å². The Balaban J connectivity index is 4.14. The molecule has 0 aromatic rings. The first kappa shape index (κ1) is 47.0. The van der Waals surface area contributed by atoms with Gasteiger partial charge in [-0.15, -0.1) is 0 Å². The average Bonchev–Trinajstić information content (AvgIpc) is 3.08. The number of carbonyl (C=O) groups is 2. The first-order valence-electron chi connectivity index (χ1n) is 18.5. The number of esters is 2. The number of hydrogen-bond acceptors (Lipinski definition) is 6. The lowest BCUT2D eigenvalue weighted by Crippen LogP contribution is -2.29. The molecule has 0 bridgehead atoms. The van der Waals surface area contributed by atoms with E-state index < -0.39 is 32.5 Å². The van der Waals surface area contributed by atoms with Crippen LogP contribution in [-0.2, 0) is 28.2 Å². The van der Waals surface area contributed by atoms with E-state index in [1.165, 1.54) is 0 Å². The van der Waals surface area contributed by atoms with Gasteiger partial charge in [0.25, 0.3) is 0 Å². The minimum Gasteiger partial charge on any atom is -0.462 e. The van der Waals surface area contributed by atoms with E-state index in [9.17, 15) is 14.2 Å². The Morgan fingerprint density at radius 2 is 0.920 bits per heavy atom. The summed E-state index contributed by atoms with van der Waals surface area (Å²) in [6, 6.07) is 0. The number of allylic oxidation sites excluding steroid dienone is 16. The zero-order valence-electron chi connectivity index (χ0n) is 30.7. The van der Waals surface area contributed by atoms with Gasteiger partial charge >= 0.3 is 19.8 Å². The highest BCUT2D eigenvalue weighted by Gasteiger charge is 2.22. The normalized spacial score (nSPS) is 13.6. The number of carbonyl (C=O) groups excluding carboxylic acids is 2. The zero-order valence-corrected chi connectivity index (χ0v) is 31.6. The van der Waals surface area contributed by atoms with Crippen LogP contribution in [-0.4, -0.2) is 41.0 Å². The number of phosphoric ester groups is 1. The lowest BCUT2D eigenvalue weighted by molar-refractivity contribution is -0.161. The Bertz CT molecular complexity index is 1120. The summed E-state index contributed by atoms with van der Waals surface area (Å²) in [4.78, 5) is 42.7. The second-order valence-corrected chi connectivity index (χ2v) is 13.0. The van der Waals surface area contributed by atoms with Crippen LogP contribution in [0.25, 0.3) is 0 Å². The summed E-state index contributed by atoms with van der Waals surface area (Å²) < 4.78 is 26.2. The smallest absolute Gasteiger partial charge is 0.462 e. The monoisotopic (exact) mass is 716 g/mol. The van der Waals surface area contributed by atoms with Crippen molar-refractivity contribution in [2.45, 2.75) is 136 Å². The van der Waals surface area contributed by atoms with E-state index in [1.54, 1.807) is 0 Å². The Labute approximate surface area is 303 Å². The minimum absolute atomic E-state index is 0.123. The summed E-state index contributed by atoms with van der Waals surface area (Å²) >= 11 is 0. The molecular formula is C41H65O8P. The average molecular weight is 717 g/mol. The molecule has 9 heteroatoms. The van der Waals surface area contributed by atoms with Gasteiger partial charge in [0.1, 0.15) is 6.61 Å². The maximum absolute atomic E-state index is 12.3. The topological polar surface area (TPSA) is 119 Å². The van der Waals surface area contributed by atoms with Crippen molar-refractivity contribution in [2.75, 3.05) is 13.2 Å². The molecule has 0 rings (SSSR count). The summed E-state index contributed by atoms with van der Waals surface area (Å²) in [5, 5.41) is 0. The van der Waals surface area contributed by atoms with Crippen molar-refractivity contribution >= 4 is 19.8 Å². The summed E-state index contributed by atoms with van der Waals surface area (Å²) in [5.74, 6) is -0.986. The molecule has 2 N–H and O–H groups in total. The van der Waals surface area contributed by atoms with E-state index in [1.807, 2.05) is 12.2 Å². The molecule has 0 aromatic carbocycles. The van der Waals surface area contributed by atoms with Crippen molar-refractivity contribution < 1.29 is 37.9 Å². The van der Waals surface area contributed by atoms with E-state index in [-0.39, 0.29) is 19.4 Å². The Hall–Kier alpha value is -3.03. The van der Waals surface area contributed by atoms with Crippen LogP contribution in [0.3, 0.4) is 0 Å². The fraction of sp³-hybridized carbons (Fsp3) is 0.561. The Morgan fingerprint density at radius 3 is 1.40 bits per heavy atom. The van der Waals surface area contributed by atoms with Crippen molar-refractivity contribution in [3.63, 3.8) is 0 Å². The van der Waals surface area contributed by atoms with Crippen LogP contribution in [0, 0.1) is 0 Å². The molecule has 0 aliphatic heterocycles. The highest BCUT2D eigenvalue weighted by atomic mass is 31.2. The third-order valence-corrected chi connectivity index (χ3v) is 7.58. The van der Waals surface area contributed by atoms with Crippen LogP contribution >= 0.6 is 7.82 Å². The number of unbranched alkanes of at least 4 members (excludes halogenated alkanes) is 6. The van der Waals surface area contributed by atoms with Crippen molar-refractivity contribution in [2.24, 2.45) is 0 Å². The van der Waals surface area contributed by atoms with Gasteiger partial charge in [-0.3, -0.25) is 14.1 Å². The molecule has 0 unspecified atom stereocenters. The quantitative estimate of drug-likeness (QED) is 0.0305. The van der Waals surface area contributed by atoms with Gasteiger partial charge in [0.05, 0.1) is 6.61 Å². The molecule has 0 amide bonds. The third kappa shape index (κ3) is 37.8. The van der Waals surface area contributed by atoms with E-state index >= 15 is 0 Å². The van der Waals surface area contributed by atoms with E-state index in [0.717, 1.165) is 83.5 Å². The second kappa shape index (κ2) is 35.8. The second-order valence-electron chi connectivity index (χ2n) is 11.8. The molecule has 8 nitrogen and oxygen atoms in total. The van der Waals surface area contributed by atoms with Crippen LogP contribution in [0.1, 0.15) is 129 Å². The van der Waals surface area contributed by atoms with Crippen LogP contribution in [0.5, 0.6) is 0 Å². The maximum Gasteiger partial charge on any atom is 0.469 e. The molecule has 0 saturated carbocycles. The van der Waals surface area contributed by atoms with Gasteiger partial charge in [0, 0.05) is 12.8 Å². The van der Waals surface area contributed by atoms with Gasteiger partial charge in [-0.2, -0.15) is 0 Å². The van der Waals surface area contributed by atoms with Crippen LogP contribution in [0.4, 0.5) is 0 Å².